The van der Waals surface area contributed by atoms with Gasteiger partial charge in [0.2, 0.25) is 0 Å². The zero-order valence-corrected chi connectivity index (χ0v) is 14.4. The Bertz CT molecular complexity index is 879. The number of carbonyl (C=O) groups is 2. The second kappa shape index (κ2) is 7.97. The first-order valence-electron chi connectivity index (χ1n) is 7.84. The molecule has 1 aliphatic rings. The Morgan fingerprint density at radius 3 is 2.50 bits per heavy atom. The van der Waals surface area contributed by atoms with Gasteiger partial charge in [0.15, 0.2) is 5.17 Å². The SMILES string of the molecule is O=C(O)CCSC1=N/C(=C\c2ccc(F)cc2)C(=O)N1c1ccccc1. The monoisotopic (exact) mass is 370 g/mol. The molecule has 1 aliphatic heterocycles. The van der Waals surface area contributed by atoms with Gasteiger partial charge < -0.3 is 5.11 Å². The molecule has 0 saturated carbocycles. The van der Waals surface area contributed by atoms with Gasteiger partial charge in [0.25, 0.3) is 5.91 Å². The van der Waals surface area contributed by atoms with E-state index in [1.807, 2.05) is 18.2 Å². The highest BCUT2D eigenvalue weighted by atomic mass is 32.2. The van der Waals surface area contributed by atoms with Gasteiger partial charge >= 0.3 is 5.97 Å². The Hall–Kier alpha value is -2.93. The summed E-state index contributed by atoms with van der Waals surface area (Å²) in [5.41, 5.74) is 1.53. The number of amidine groups is 1. The minimum atomic E-state index is -0.907. The van der Waals surface area contributed by atoms with Crippen molar-refractivity contribution in [2.45, 2.75) is 6.42 Å². The fourth-order valence-corrected chi connectivity index (χ4v) is 3.28. The summed E-state index contributed by atoms with van der Waals surface area (Å²) in [5.74, 6) is -1.27. The highest BCUT2D eigenvalue weighted by molar-refractivity contribution is 8.14. The van der Waals surface area contributed by atoms with E-state index in [0.717, 1.165) is 0 Å². The molecule has 0 aromatic heterocycles. The molecule has 0 radical (unpaired) electrons. The number of hydrogen-bond acceptors (Lipinski definition) is 4. The van der Waals surface area contributed by atoms with E-state index < -0.39 is 5.97 Å². The average molecular weight is 370 g/mol. The van der Waals surface area contributed by atoms with Gasteiger partial charge in [0.1, 0.15) is 11.5 Å². The van der Waals surface area contributed by atoms with E-state index in [-0.39, 0.29) is 23.8 Å². The second-order valence-electron chi connectivity index (χ2n) is 5.44. The Balaban J connectivity index is 1.91. The fourth-order valence-electron chi connectivity index (χ4n) is 2.34. The van der Waals surface area contributed by atoms with Crippen LogP contribution in [-0.2, 0) is 9.59 Å². The third-order valence-corrected chi connectivity index (χ3v) is 4.50. The Kier molecular flexibility index (Phi) is 5.48. The third kappa shape index (κ3) is 4.18. The number of hydrogen-bond donors (Lipinski definition) is 1. The van der Waals surface area contributed by atoms with E-state index in [1.54, 1.807) is 30.3 Å². The minimum absolute atomic E-state index is 0.0302. The van der Waals surface area contributed by atoms with Crippen molar-refractivity contribution >= 4 is 40.6 Å². The van der Waals surface area contributed by atoms with E-state index >= 15 is 0 Å². The number of carbonyl (C=O) groups excluding carboxylic acids is 1. The molecule has 0 saturated heterocycles. The molecule has 26 heavy (non-hydrogen) atoms. The first kappa shape index (κ1) is 17.9. The van der Waals surface area contributed by atoms with Crippen LogP contribution < -0.4 is 4.90 Å². The zero-order chi connectivity index (χ0) is 18.5. The first-order chi connectivity index (χ1) is 12.5. The van der Waals surface area contributed by atoms with Crippen LogP contribution in [0.3, 0.4) is 0 Å². The molecule has 1 N–H and O–H groups in total. The molecular formula is C19H15FN2O3S. The molecule has 5 nitrogen and oxygen atoms in total. The normalized spacial score (nSPS) is 15.4. The van der Waals surface area contributed by atoms with Crippen LogP contribution in [-0.4, -0.2) is 27.9 Å². The van der Waals surface area contributed by atoms with E-state index in [2.05, 4.69) is 4.99 Å². The van der Waals surface area contributed by atoms with Gasteiger partial charge in [-0.2, -0.15) is 0 Å². The number of aliphatic carboxylic acids is 1. The van der Waals surface area contributed by atoms with Crippen LogP contribution in [0.2, 0.25) is 0 Å². The Morgan fingerprint density at radius 1 is 1.15 bits per heavy atom. The number of nitrogens with zero attached hydrogens (tertiary/aromatic N) is 2. The summed E-state index contributed by atoms with van der Waals surface area (Å²) in [6.07, 6.45) is 1.56. The van der Waals surface area contributed by atoms with Crippen molar-refractivity contribution in [3.8, 4) is 0 Å². The summed E-state index contributed by atoms with van der Waals surface area (Å²) in [6.45, 7) is 0. The van der Waals surface area contributed by atoms with E-state index in [9.17, 15) is 14.0 Å². The predicted molar refractivity (Wildman–Crippen MR) is 100 cm³/mol. The lowest BCUT2D eigenvalue weighted by molar-refractivity contribution is -0.136. The summed E-state index contributed by atoms with van der Waals surface area (Å²) >= 11 is 1.21. The number of halogens is 1. The smallest absolute Gasteiger partial charge is 0.304 e. The van der Waals surface area contributed by atoms with Crippen LogP contribution in [0.5, 0.6) is 0 Å². The molecule has 1 heterocycles. The summed E-state index contributed by atoms with van der Waals surface area (Å²) in [7, 11) is 0. The van der Waals surface area contributed by atoms with Crippen LogP contribution in [0.1, 0.15) is 12.0 Å². The number of benzene rings is 2. The van der Waals surface area contributed by atoms with Gasteiger partial charge in [-0.25, -0.2) is 9.38 Å². The third-order valence-electron chi connectivity index (χ3n) is 3.56. The maximum absolute atomic E-state index is 13.1. The molecule has 7 heteroatoms. The molecule has 0 bridgehead atoms. The molecule has 0 unspecified atom stereocenters. The van der Waals surface area contributed by atoms with Crippen LogP contribution >= 0.6 is 11.8 Å². The van der Waals surface area contributed by atoms with Crippen LogP contribution in [0.25, 0.3) is 6.08 Å². The molecule has 0 spiro atoms. The Morgan fingerprint density at radius 2 is 1.85 bits per heavy atom. The highest BCUT2D eigenvalue weighted by Crippen LogP contribution is 2.29. The largest absolute Gasteiger partial charge is 0.481 e. The molecular weight excluding hydrogens is 355 g/mol. The second-order valence-corrected chi connectivity index (χ2v) is 6.51. The van der Waals surface area contributed by atoms with E-state index in [0.29, 0.717) is 22.2 Å². The highest BCUT2D eigenvalue weighted by Gasteiger charge is 2.31. The van der Waals surface area contributed by atoms with Gasteiger partial charge in [0.05, 0.1) is 12.1 Å². The fraction of sp³-hybridized carbons (Fsp3) is 0.105. The molecule has 3 rings (SSSR count). The lowest BCUT2D eigenvalue weighted by atomic mass is 10.2. The van der Waals surface area contributed by atoms with Gasteiger partial charge in [-0.05, 0) is 35.9 Å². The zero-order valence-electron chi connectivity index (χ0n) is 13.6. The number of carboxylic acid groups (broad SMARTS) is 1. The van der Waals surface area contributed by atoms with E-state index in [1.165, 1.54) is 28.8 Å². The van der Waals surface area contributed by atoms with Crippen molar-refractivity contribution in [2.24, 2.45) is 4.99 Å². The number of thioether (sulfide) groups is 1. The van der Waals surface area contributed by atoms with Crippen molar-refractivity contribution in [1.29, 1.82) is 0 Å². The number of carboxylic acids is 1. The topological polar surface area (TPSA) is 70.0 Å². The summed E-state index contributed by atoms with van der Waals surface area (Å²) in [4.78, 5) is 29.4. The Labute approximate surface area is 153 Å². The minimum Gasteiger partial charge on any atom is -0.481 e. The van der Waals surface area contributed by atoms with Crippen molar-refractivity contribution in [3.05, 3.63) is 71.7 Å². The summed E-state index contributed by atoms with van der Waals surface area (Å²) in [5, 5.41) is 9.24. The molecule has 0 aliphatic carbocycles. The molecule has 0 fully saturated rings. The van der Waals surface area contributed by atoms with Crippen molar-refractivity contribution in [2.75, 3.05) is 10.7 Å². The average Bonchev–Trinajstić information content (AvgIpc) is 2.93. The molecule has 0 atom stereocenters. The number of para-hydroxylation sites is 1. The maximum Gasteiger partial charge on any atom is 0.304 e. The molecule has 2 aromatic rings. The van der Waals surface area contributed by atoms with Crippen molar-refractivity contribution in [1.82, 2.24) is 0 Å². The predicted octanol–water partition coefficient (Wildman–Crippen LogP) is 3.78. The van der Waals surface area contributed by atoms with Gasteiger partial charge in [-0.3, -0.25) is 14.5 Å². The number of aliphatic imine (C=N–C) groups is 1. The van der Waals surface area contributed by atoms with Crippen LogP contribution in [0.15, 0.2) is 65.3 Å². The maximum atomic E-state index is 13.1. The van der Waals surface area contributed by atoms with Crippen LogP contribution in [0.4, 0.5) is 10.1 Å². The van der Waals surface area contributed by atoms with Crippen LogP contribution in [0, 0.1) is 5.82 Å². The van der Waals surface area contributed by atoms with Gasteiger partial charge in [0, 0.05) is 5.75 Å². The lowest BCUT2D eigenvalue weighted by Crippen LogP contribution is -2.30. The first-order valence-corrected chi connectivity index (χ1v) is 8.83. The standard InChI is InChI=1S/C19H15FN2O3S/c20-14-8-6-13(7-9-14)12-16-18(25)22(15-4-2-1-3-5-15)19(21-16)26-11-10-17(23)24/h1-9,12H,10-11H2,(H,23,24)/b16-12-. The molecule has 132 valence electrons. The number of anilines is 1. The number of rotatable bonds is 5. The van der Waals surface area contributed by atoms with Crippen molar-refractivity contribution < 1.29 is 19.1 Å². The summed E-state index contributed by atoms with van der Waals surface area (Å²) < 4.78 is 13.1. The number of amides is 1. The van der Waals surface area contributed by atoms with Crippen molar-refractivity contribution in [3.63, 3.8) is 0 Å². The molecule has 2 aromatic carbocycles. The summed E-state index contributed by atoms with van der Waals surface area (Å²) in [6, 6.07) is 14.8. The van der Waals surface area contributed by atoms with E-state index in [4.69, 9.17) is 5.11 Å². The quantitative estimate of drug-likeness (QED) is 0.813. The lowest BCUT2D eigenvalue weighted by Gasteiger charge is -2.17. The van der Waals surface area contributed by atoms with Gasteiger partial charge in [-0.1, -0.05) is 42.1 Å². The molecule has 1 amide bonds. The van der Waals surface area contributed by atoms with Gasteiger partial charge in [-0.15, -0.1) is 0 Å².